The van der Waals surface area contributed by atoms with Crippen LogP contribution in [0.25, 0.3) is 11.3 Å². The molecule has 1 aliphatic heterocycles. The molecule has 0 radical (unpaired) electrons. The summed E-state index contributed by atoms with van der Waals surface area (Å²) >= 11 is 0. The summed E-state index contributed by atoms with van der Waals surface area (Å²) in [6.07, 6.45) is 1.86. The van der Waals surface area contributed by atoms with Crippen molar-refractivity contribution < 1.29 is 14.3 Å². The van der Waals surface area contributed by atoms with Crippen molar-refractivity contribution in [3.8, 4) is 11.3 Å². The molecule has 3 N–H and O–H groups in total. The molecule has 8 heteroatoms. The molecular formula is C23H31N5O3. The number of pyridine rings is 1. The number of nitrogens with zero attached hydrogens (tertiary/aromatic N) is 3. The number of nitrogen functional groups attached to an aromatic ring is 1. The topological polar surface area (TPSA) is 101 Å². The Balaban J connectivity index is 1.78. The van der Waals surface area contributed by atoms with Crippen molar-refractivity contribution in [1.82, 2.24) is 14.8 Å². The molecule has 166 valence electrons. The maximum Gasteiger partial charge on any atom is 0.410 e. The van der Waals surface area contributed by atoms with Gasteiger partial charge in [0.2, 0.25) is 0 Å². The molecule has 0 spiro atoms. The summed E-state index contributed by atoms with van der Waals surface area (Å²) < 4.78 is 5.45. The van der Waals surface area contributed by atoms with Crippen molar-refractivity contribution in [3.63, 3.8) is 0 Å². The maximum absolute atomic E-state index is 13.2. The van der Waals surface area contributed by atoms with Crippen molar-refractivity contribution in [3.05, 3.63) is 42.1 Å². The first-order valence-corrected chi connectivity index (χ1v) is 10.4. The Morgan fingerprint density at radius 2 is 1.94 bits per heavy atom. The van der Waals surface area contributed by atoms with Crippen LogP contribution < -0.4 is 11.1 Å². The zero-order valence-electron chi connectivity index (χ0n) is 18.8. The largest absolute Gasteiger partial charge is 0.444 e. The third kappa shape index (κ3) is 4.90. The quantitative estimate of drug-likeness (QED) is 0.778. The Hall–Kier alpha value is -3.29. The lowest BCUT2D eigenvalue weighted by atomic mass is 10.1. The van der Waals surface area contributed by atoms with Gasteiger partial charge in [-0.2, -0.15) is 0 Å². The van der Waals surface area contributed by atoms with Gasteiger partial charge in [0, 0.05) is 38.9 Å². The molecule has 3 rings (SSSR count). The summed E-state index contributed by atoms with van der Waals surface area (Å²) in [4.78, 5) is 33.4. The smallest absolute Gasteiger partial charge is 0.410 e. The number of likely N-dealkylation sites (tertiary alicyclic amines) is 1. The zero-order valence-corrected chi connectivity index (χ0v) is 18.8. The van der Waals surface area contributed by atoms with Gasteiger partial charge in [-0.05, 0) is 27.2 Å². The minimum atomic E-state index is -0.565. The second-order valence-electron chi connectivity index (χ2n) is 8.71. The fourth-order valence-electron chi connectivity index (χ4n) is 3.68. The van der Waals surface area contributed by atoms with Crippen LogP contribution in [0.3, 0.4) is 0 Å². The number of aromatic nitrogens is 1. The summed E-state index contributed by atoms with van der Waals surface area (Å²) in [5.41, 5.74) is 8.73. The second-order valence-corrected chi connectivity index (χ2v) is 8.71. The molecule has 1 aliphatic rings. The molecule has 0 saturated carbocycles. The van der Waals surface area contributed by atoms with E-state index >= 15 is 0 Å². The number of hydrogen-bond donors (Lipinski definition) is 2. The van der Waals surface area contributed by atoms with Crippen LogP contribution in [0.4, 0.5) is 16.2 Å². The molecule has 1 fully saturated rings. The Labute approximate surface area is 183 Å². The zero-order chi connectivity index (χ0) is 22.8. The number of nitrogens with two attached hydrogens (primary N) is 1. The highest BCUT2D eigenvalue weighted by molar-refractivity contribution is 6.04. The van der Waals surface area contributed by atoms with E-state index in [-0.39, 0.29) is 18.0 Å². The number of anilines is 2. The number of nitrogens with one attached hydrogen (secondary N) is 1. The van der Waals surface area contributed by atoms with Gasteiger partial charge in [-0.25, -0.2) is 4.79 Å². The molecule has 31 heavy (non-hydrogen) atoms. The summed E-state index contributed by atoms with van der Waals surface area (Å²) in [6.45, 7) is 6.47. The van der Waals surface area contributed by atoms with Crippen molar-refractivity contribution in [2.24, 2.45) is 0 Å². The Kier molecular flexibility index (Phi) is 6.38. The molecule has 2 heterocycles. The van der Waals surface area contributed by atoms with Gasteiger partial charge in [-0.3, -0.25) is 9.78 Å². The molecule has 0 bridgehead atoms. The van der Waals surface area contributed by atoms with E-state index in [2.05, 4.69) is 10.3 Å². The van der Waals surface area contributed by atoms with Crippen LogP contribution in [-0.4, -0.2) is 65.6 Å². The number of benzene rings is 1. The van der Waals surface area contributed by atoms with Crippen LogP contribution >= 0.6 is 0 Å². The van der Waals surface area contributed by atoms with Gasteiger partial charge in [0.1, 0.15) is 5.60 Å². The third-order valence-corrected chi connectivity index (χ3v) is 5.32. The van der Waals surface area contributed by atoms with E-state index in [0.29, 0.717) is 42.1 Å². The fraction of sp³-hybridized carbons (Fsp3) is 0.435. The lowest BCUT2D eigenvalue weighted by molar-refractivity contribution is 0.0226. The first-order chi connectivity index (χ1) is 14.6. The Bertz CT molecular complexity index is 956. The molecule has 8 nitrogen and oxygen atoms in total. The van der Waals surface area contributed by atoms with Gasteiger partial charge in [0.05, 0.1) is 28.7 Å². The number of carbonyl (C=O) groups is 2. The van der Waals surface area contributed by atoms with Gasteiger partial charge in [-0.15, -0.1) is 0 Å². The first kappa shape index (κ1) is 22.4. The summed E-state index contributed by atoms with van der Waals surface area (Å²) in [5.74, 6) is -0.164. The number of likely N-dealkylation sites (N-methyl/N-ethyl adjacent to an activating group) is 1. The highest BCUT2D eigenvalue weighted by Crippen LogP contribution is 2.33. The van der Waals surface area contributed by atoms with Crippen LogP contribution in [0.15, 0.2) is 36.5 Å². The molecular weight excluding hydrogens is 394 g/mol. The van der Waals surface area contributed by atoms with Crippen LogP contribution in [0.1, 0.15) is 37.6 Å². The fourth-order valence-corrected chi connectivity index (χ4v) is 3.68. The van der Waals surface area contributed by atoms with Crippen LogP contribution in [0.2, 0.25) is 0 Å². The number of hydrogen-bond acceptors (Lipinski definition) is 6. The third-order valence-electron chi connectivity index (χ3n) is 5.32. The highest BCUT2D eigenvalue weighted by atomic mass is 16.6. The standard InChI is InChI=1S/C23H31N5O3/c1-23(2,3)31-22(30)27(5)16-11-12-28(14-16)21(29)17-13-26-19(18(24)20(17)25-4)15-9-7-6-8-10-15/h6-10,13,16H,11-12,14,24H2,1-5H3,(H,25,26). The molecule has 1 aromatic carbocycles. The van der Waals surface area contributed by atoms with Gasteiger partial charge in [0.15, 0.2) is 0 Å². The normalized spacial score (nSPS) is 16.2. The van der Waals surface area contributed by atoms with E-state index in [0.717, 1.165) is 5.56 Å². The van der Waals surface area contributed by atoms with Gasteiger partial charge in [0.25, 0.3) is 5.91 Å². The monoisotopic (exact) mass is 425 g/mol. The van der Waals surface area contributed by atoms with E-state index in [1.165, 1.54) is 0 Å². The summed E-state index contributed by atoms with van der Waals surface area (Å²) in [7, 11) is 3.44. The lowest BCUT2D eigenvalue weighted by Crippen LogP contribution is -2.42. The average Bonchev–Trinajstić information content (AvgIpc) is 3.22. The van der Waals surface area contributed by atoms with E-state index < -0.39 is 5.60 Å². The predicted octanol–water partition coefficient (Wildman–Crippen LogP) is 3.45. The Morgan fingerprint density at radius 1 is 1.26 bits per heavy atom. The molecule has 1 aromatic heterocycles. The van der Waals surface area contributed by atoms with Gasteiger partial charge < -0.3 is 25.6 Å². The maximum atomic E-state index is 13.2. The minimum absolute atomic E-state index is 0.106. The van der Waals surface area contributed by atoms with Crippen molar-refractivity contribution in [1.29, 1.82) is 0 Å². The van der Waals surface area contributed by atoms with Gasteiger partial charge >= 0.3 is 6.09 Å². The molecule has 2 aromatic rings. The molecule has 1 saturated heterocycles. The first-order valence-electron chi connectivity index (χ1n) is 10.4. The average molecular weight is 426 g/mol. The van der Waals surface area contributed by atoms with Gasteiger partial charge in [-0.1, -0.05) is 30.3 Å². The SMILES string of the molecule is CNc1c(C(=O)N2CCC(N(C)C(=O)OC(C)(C)C)C2)cnc(-c2ccccc2)c1N. The number of rotatable bonds is 4. The van der Waals surface area contributed by atoms with Crippen molar-refractivity contribution >= 4 is 23.4 Å². The van der Waals surface area contributed by atoms with Crippen LogP contribution in [-0.2, 0) is 4.74 Å². The number of carbonyl (C=O) groups excluding carboxylic acids is 2. The number of ether oxygens (including phenoxy) is 1. The molecule has 1 unspecified atom stereocenters. The summed E-state index contributed by atoms with van der Waals surface area (Å²) in [6, 6.07) is 9.51. The second kappa shape index (κ2) is 8.83. The highest BCUT2D eigenvalue weighted by Gasteiger charge is 2.34. The predicted molar refractivity (Wildman–Crippen MR) is 122 cm³/mol. The van der Waals surface area contributed by atoms with E-state index in [9.17, 15) is 9.59 Å². The lowest BCUT2D eigenvalue weighted by Gasteiger charge is -2.28. The van der Waals surface area contributed by atoms with Crippen LogP contribution in [0, 0.1) is 0 Å². The van der Waals surface area contributed by atoms with E-state index in [1.54, 1.807) is 30.1 Å². The number of amides is 2. The van der Waals surface area contributed by atoms with Crippen molar-refractivity contribution in [2.45, 2.75) is 38.8 Å². The Morgan fingerprint density at radius 3 is 2.55 bits per heavy atom. The molecule has 1 atom stereocenters. The molecule has 0 aliphatic carbocycles. The van der Waals surface area contributed by atoms with Crippen molar-refractivity contribution in [2.75, 3.05) is 38.2 Å². The minimum Gasteiger partial charge on any atom is -0.444 e. The van der Waals surface area contributed by atoms with Crippen LogP contribution in [0.5, 0.6) is 0 Å². The molecule has 2 amide bonds. The van der Waals surface area contributed by atoms with E-state index in [1.807, 2.05) is 51.1 Å². The summed E-state index contributed by atoms with van der Waals surface area (Å²) in [5, 5.41) is 3.06. The van der Waals surface area contributed by atoms with E-state index in [4.69, 9.17) is 10.5 Å².